The molecule has 1 saturated carbocycles. The molecule has 1 unspecified atom stereocenters. The second-order valence-corrected chi connectivity index (χ2v) is 9.38. The Morgan fingerprint density at radius 3 is 1.94 bits per heavy atom. The molecule has 0 radical (unpaired) electrons. The molecule has 3 heterocycles. The van der Waals surface area contributed by atoms with Crippen LogP contribution in [-0.4, -0.2) is 9.97 Å². The van der Waals surface area contributed by atoms with E-state index in [0.717, 1.165) is 51.5 Å². The Morgan fingerprint density at radius 1 is 0.719 bits per heavy atom. The van der Waals surface area contributed by atoms with Crippen molar-refractivity contribution in [1.82, 2.24) is 9.97 Å². The number of aromatic nitrogens is 2. The van der Waals surface area contributed by atoms with E-state index >= 15 is 0 Å². The van der Waals surface area contributed by atoms with Gasteiger partial charge in [-0.3, -0.25) is 0 Å². The SMILES string of the molecule is CC1(C)c2[c-]c(ccc2)-c2cccc(n2)[C-]2CC2(C)c2cccc(n2)-c2[c-]c1ccc2.[Pd]. The maximum atomic E-state index is 5.08. The van der Waals surface area contributed by atoms with Gasteiger partial charge in [-0.15, -0.1) is 82.5 Å². The fourth-order valence-corrected chi connectivity index (χ4v) is 4.68. The molecule has 0 spiro atoms. The molecule has 6 rings (SSSR count). The predicted octanol–water partition coefficient (Wildman–Crippen LogP) is 6.33. The maximum Gasteiger partial charge on any atom is 0.0218 e. The predicted molar refractivity (Wildman–Crippen MR) is 123 cm³/mol. The molecule has 3 heteroatoms. The van der Waals surface area contributed by atoms with Crippen LogP contribution in [0.15, 0.2) is 72.8 Å². The molecule has 1 fully saturated rings. The molecular formula is C29H23N2Pd-3. The van der Waals surface area contributed by atoms with Crippen molar-refractivity contribution in [3.8, 4) is 22.5 Å². The third-order valence-corrected chi connectivity index (χ3v) is 6.93. The summed E-state index contributed by atoms with van der Waals surface area (Å²) in [6.45, 7) is 6.74. The summed E-state index contributed by atoms with van der Waals surface area (Å²) in [5.74, 6) is 1.35. The van der Waals surface area contributed by atoms with E-state index in [2.05, 4.69) is 106 Å². The molecule has 0 N–H and O–H groups in total. The van der Waals surface area contributed by atoms with Gasteiger partial charge in [0.25, 0.3) is 0 Å². The second kappa shape index (κ2) is 7.41. The summed E-state index contributed by atoms with van der Waals surface area (Å²) in [5.41, 5.74) is 8.11. The van der Waals surface area contributed by atoms with Gasteiger partial charge in [-0.05, 0) is 28.3 Å². The van der Waals surface area contributed by atoms with Gasteiger partial charge in [0.05, 0.1) is 0 Å². The van der Waals surface area contributed by atoms with Crippen molar-refractivity contribution in [3.63, 3.8) is 0 Å². The van der Waals surface area contributed by atoms with Crippen LogP contribution >= 0.6 is 0 Å². The first kappa shape index (κ1) is 21.1. The molecule has 1 atom stereocenters. The van der Waals surface area contributed by atoms with Crippen molar-refractivity contribution in [1.29, 1.82) is 0 Å². The van der Waals surface area contributed by atoms with Crippen LogP contribution in [0.1, 0.15) is 49.7 Å². The number of nitrogens with zero attached hydrogens (tertiary/aromatic N) is 2. The fourth-order valence-electron chi connectivity index (χ4n) is 4.68. The van der Waals surface area contributed by atoms with Crippen molar-refractivity contribution < 1.29 is 20.4 Å². The van der Waals surface area contributed by atoms with Gasteiger partial charge in [0.1, 0.15) is 0 Å². The van der Waals surface area contributed by atoms with Crippen molar-refractivity contribution >= 4 is 0 Å². The minimum atomic E-state index is -0.246. The van der Waals surface area contributed by atoms with Gasteiger partial charge in [0, 0.05) is 26.1 Å². The number of fused-ring (bicyclic) bond motifs is 13. The molecule has 0 saturated heterocycles. The van der Waals surface area contributed by atoms with Crippen LogP contribution in [0, 0.1) is 18.1 Å². The zero-order valence-corrected chi connectivity index (χ0v) is 19.9. The molecule has 4 aromatic rings. The average Bonchev–Trinajstić information content (AvgIpc) is 3.52. The molecule has 2 nitrogen and oxygen atoms in total. The van der Waals surface area contributed by atoms with Gasteiger partial charge >= 0.3 is 0 Å². The van der Waals surface area contributed by atoms with Crippen LogP contribution in [0.5, 0.6) is 0 Å². The number of benzene rings is 2. The molecule has 8 bridgehead atoms. The van der Waals surface area contributed by atoms with Crippen LogP contribution < -0.4 is 0 Å². The second-order valence-electron chi connectivity index (χ2n) is 9.38. The van der Waals surface area contributed by atoms with Gasteiger partial charge in [0.15, 0.2) is 0 Å². The van der Waals surface area contributed by atoms with E-state index in [4.69, 9.17) is 9.97 Å². The van der Waals surface area contributed by atoms with Gasteiger partial charge in [0.2, 0.25) is 0 Å². The maximum absolute atomic E-state index is 5.08. The normalized spacial score (nSPS) is 19.7. The van der Waals surface area contributed by atoms with Crippen LogP contribution in [0.3, 0.4) is 0 Å². The van der Waals surface area contributed by atoms with Crippen molar-refractivity contribution in [2.24, 2.45) is 0 Å². The summed E-state index contributed by atoms with van der Waals surface area (Å²) in [6.07, 6.45) is 0.987. The molecule has 1 aliphatic carbocycles. The number of rotatable bonds is 0. The first-order chi connectivity index (χ1) is 14.9. The first-order valence-electron chi connectivity index (χ1n) is 10.8. The molecular weight excluding hydrogens is 483 g/mol. The van der Waals surface area contributed by atoms with Gasteiger partial charge in [-0.1, -0.05) is 45.4 Å². The van der Waals surface area contributed by atoms with Gasteiger partial charge < -0.3 is 9.97 Å². The summed E-state index contributed by atoms with van der Waals surface area (Å²) in [5, 5.41) is 0. The third kappa shape index (κ3) is 3.24. The summed E-state index contributed by atoms with van der Waals surface area (Å²) in [4.78, 5) is 10.1. The standard InChI is InChI=1S/C29H23N2.Pd/c1-28(2)21-10-4-8-19(16-21)24-12-6-14-26(30-24)23-18-29(23,3)27-15-7-13-25(31-27)20-9-5-11-22(28)17-20;/h4-15H,18H2,1-3H3;/q-3;. The Balaban J connectivity index is 0.00000216. The third-order valence-electron chi connectivity index (χ3n) is 6.93. The van der Waals surface area contributed by atoms with Crippen molar-refractivity contribution in [2.45, 2.75) is 38.0 Å². The molecule has 2 aliphatic rings. The van der Waals surface area contributed by atoms with Crippen LogP contribution in [-0.2, 0) is 31.3 Å². The first-order valence-corrected chi connectivity index (χ1v) is 10.8. The van der Waals surface area contributed by atoms with Crippen molar-refractivity contribution in [3.05, 3.63) is 113 Å². The molecule has 162 valence electrons. The fraction of sp³-hybridized carbons (Fsp3) is 0.207. The molecule has 32 heavy (non-hydrogen) atoms. The van der Waals surface area contributed by atoms with E-state index in [1.807, 2.05) is 0 Å². The smallest absolute Gasteiger partial charge is 0.0218 e. The summed E-state index contributed by atoms with van der Waals surface area (Å²) in [7, 11) is 0. The van der Waals surface area contributed by atoms with Gasteiger partial charge in [-0.2, -0.15) is 12.0 Å². The Hall–Kier alpha value is -2.73. The minimum Gasteiger partial charge on any atom is -0.335 e. The van der Waals surface area contributed by atoms with Crippen LogP contribution in [0.25, 0.3) is 22.5 Å². The average molecular weight is 506 g/mol. The Kier molecular flexibility index (Phi) is 4.89. The largest absolute Gasteiger partial charge is 0.335 e. The van der Waals surface area contributed by atoms with Gasteiger partial charge in [-0.25, -0.2) is 0 Å². The Labute approximate surface area is 203 Å². The molecule has 1 aliphatic heterocycles. The summed E-state index contributed by atoms with van der Waals surface area (Å²) < 4.78 is 0. The monoisotopic (exact) mass is 505 g/mol. The topological polar surface area (TPSA) is 25.8 Å². The van der Waals surface area contributed by atoms with E-state index in [-0.39, 0.29) is 31.3 Å². The van der Waals surface area contributed by atoms with Crippen molar-refractivity contribution in [2.75, 3.05) is 0 Å². The number of pyridine rings is 2. The molecule has 0 amide bonds. The zero-order chi connectivity index (χ0) is 21.2. The minimum absolute atomic E-state index is 0. The van der Waals surface area contributed by atoms with Crippen LogP contribution in [0.2, 0.25) is 0 Å². The molecule has 2 aromatic heterocycles. The Bertz CT molecular complexity index is 1330. The Morgan fingerprint density at radius 2 is 1.28 bits per heavy atom. The van der Waals surface area contributed by atoms with Crippen LogP contribution in [0.4, 0.5) is 0 Å². The van der Waals surface area contributed by atoms with E-state index in [9.17, 15) is 0 Å². The molecule has 2 aromatic carbocycles. The van der Waals surface area contributed by atoms with E-state index in [1.165, 1.54) is 5.92 Å². The quantitative estimate of drug-likeness (QED) is 0.206. The van der Waals surface area contributed by atoms with E-state index < -0.39 is 0 Å². The summed E-state index contributed by atoms with van der Waals surface area (Å²) in [6, 6.07) is 32.7. The van der Waals surface area contributed by atoms with E-state index in [1.54, 1.807) is 0 Å². The number of hydrogen-bond donors (Lipinski definition) is 0. The number of hydrogen-bond acceptors (Lipinski definition) is 2. The zero-order valence-electron chi connectivity index (χ0n) is 18.3. The summed E-state index contributed by atoms with van der Waals surface area (Å²) >= 11 is 0. The van der Waals surface area contributed by atoms with E-state index in [0.29, 0.717) is 0 Å².